The number of thiophene rings is 1. The van der Waals surface area contributed by atoms with Gasteiger partial charge in [-0.2, -0.15) is 0 Å². The normalized spacial score (nSPS) is 14.8. The van der Waals surface area contributed by atoms with E-state index in [4.69, 9.17) is 14.2 Å². The number of nitrogens with zero attached hydrogens (tertiary/aromatic N) is 1. The summed E-state index contributed by atoms with van der Waals surface area (Å²) < 4.78 is 19.0. The molecule has 1 aromatic heterocycles. The van der Waals surface area contributed by atoms with Gasteiger partial charge in [0.15, 0.2) is 5.57 Å². The lowest BCUT2D eigenvalue weighted by atomic mass is 10.1. The van der Waals surface area contributed by atoms with Crippen molar-refractivity contribution in [2.45, 2.75) is 0 Å². The van der Waals surface area contributed by atoms with E-state index in [2.05, 4.69) is 4.74 Å². The van der Waals surface area contributed by atoms with Gasteiger partial charge in [-0.05, 0) is 11.4 Å². The van der Waals surface area contributed by atoms with E-state index in [9.17, 15) is 29.1 Å². The zero-order chi connectivity index (χ0) is 26.4. The van der Waals surface area contributed by atoms with Crippen molar-refractivity contribution < 1.29 is 48.0 Å². The fourth-order valence-corrected chi connectivity index (χ4v) is 6.36. The van der Waals surface area contributed by atoms with Crippen molar-refractivity contribution in [1.29, 1.82) is 0 Å². The molecule has 0 unspecified atom stereocenters. The third kappa shape index (κ3) is 5.71. The Bertz CT molecular complexity index is 1180. The Kier molecular flexibility index (Phi) is 9.56. The average Bonchev–Trinajstić information content (AvgIpc) is 3.33. The highest BCUT2D eigenvalue weighted by Crippen LogP contribution is 2.52. The highest BCUT2D eigenvalue weighted by atomic mass is 32.2. The number of methoxy groups -OCH3 is 4. The van der Waals surface area contributed by atoms with Crippen LogP contribution in [0.25, 0.3) is 10.5 Å². The van der Waals surface area contributed by atoms with Gasteiger partial charge in [0.25, 0.3) is 0 Å². The minimum atomic E-state index is -1.69. The van der Waals surface area contributed by atoms with E-state index >= 15 is 0 Å². The van der Waals surface area contributed by atoms with E-state index in [0.29, 0.717) is 27.1 Å². The molecule has 1 aromatic rings. The first kappa shape index (κ1) is 28.0. The SMILES string of the molecule is COC(=O)C1=C(C(=O)OC)c2ccsc2/C(=C(\S/C(C(=O)OC)=C(\C(=O)O)C(=O)OC)N(C)C)S1. The van der Waals surface area contributed by atoms with Crippen molar-refractivity contribution in [3.8, 4) is 0 Å². The lowest BCUT2D eigenvalue weighted by molar-refractivity contribution is -0.144. The predicted molar refractivity (Wildman–Crippen MR) is 130 cm³/mol. The topological polar surface area (TPSA) is 146 Å². The van der Waals surface area contributed by atoms with E-state index in [0.717, 1.165) is 33.1 Å². The van der Waals surface area contributed by atoms with Crippen LogP contribution >= 0.6 is 34.9 Å². The van der Waals surface area contributed by atoms with Gasteiger partial charge in [-0.15, -0.1) is 11.3 Å². The van der Waals surface area contributed by atoms with Crippen LogP contribution < -0.4 is 0 Å². The van der Waals surface area contributed by atoms with Gasteiger partial charge in [0.05, 0.1) is 48.8 Å². The van der Waals surface area contributed by atoms with E-state index in [-0.39, 0.29) is 15.5 Å². The third-order valence-corrected chi connectivity index (χ3v) is 8.04. The van der Waals surface area contributed by atoms with Crippen molar-refractivity contribution in [3.05, 3.63) is 42.3 Å². The van der Waals surface area contributed by atoms with Gasteiger partial charge in [0.2, 0.25) is 0 Å². The quantitative estimate of drug-likeness (QED) is 0.168. The summed E-state index contributed by atoms with van der Waals surface area (Å²) in [6, 6.07) is 1.63. The fourth-order valence-electron chi connectivity index (χ4n) is 2.79. The first-order chi connectivity index (χ1) is 16.5. The van der Waals surface area contributed by atoms with Gasteiger partial charge in [0, 0.05) is 19.7 Å². The van der Waals surface area contributed by atoms with Crippen LogP contribution in [0.1, 0.15) is 10.4 Å². The van der Waals surface area contributed by atoms with E-state index < -0.39 is 40.3 Å². The lowest BCUT2D eigenvalue weighted by Gasteiger charge is -2.26. The van der Waals surface area contributed by atoms with Crippen molar-refractivity contribution >= 4 is 75.2 Å². The van der Waals surface area contributed by atoms with Gasteiger partial charge in [-0.25, -0.2) is 24.0 Å². The third-order valence-electron chi connectivity index (χ3n) is 4.33. The number of ether oxygens (including phenoxy) is 4. The highest BCUT2D eigenvalue weighted by Gasteiger charge is 2.37. The molecule has 14 heteroatoms. The number of hydrogen-bond acceptors (Lipinski definition) is 13. The summed E-state index contributed by atoms with van der Waals surface area (Å²) in [4.78, 5) is 63.7. The van der Waals surface area contributed by atoms with E-state index in [1.807, 2.05) is 0 Å². The van der Waals surface area contributed by atoms with Gasteiger partial charge in [-0.3, -0.25) is 0 Å². The second-order valence-electron chi connectivity index (χ2n) is 6.58. The monoisotopic (exact) mass is 543 g/mol. The van der Waals surface area contributed by atoms with Gasteiger partial charge in [0.1, 0.15) is 9.81 Å². The zero-order valence-electron chi connectivity index (χ0n) is 19.4. The minimum Gasteiger partial charge on any atom is -0.477 e. The van der Waals surface area contributed by atoms with Gasteiger partial charge >= 0.3 is 29.8 Å². The van der Waals surface area contributed by atoms with Crippen LogP contribution in [0.2, 0.25) is 0 Å². The molecule has 1 aliphatic heterocycles. The minimum absolute atomic E-state index is 0.0111. The Hall–Kier alpha value is -3.23. The second kappa shape index (κ2) is 12.0. The molecular formula is C21H21NO10S3. The maximum atomic E-state index is 12.6. The smallest absolute Gasteiger partial charge is 0.346 e. The number of carbonyl (C=O) groups excluding carboxylic acids is 4. The molecule has 1 aliphatic rings. The zero-order valence-corrected chi connectivity index (χ0v) is 21.9. The molecule has 0 spiro atoms. The summed E-state index contributed by atoms with van der Waals surface area (Å²) in [5.41, 5.74) is -0.515. The predicted octanol–water partition coefficient (Wildman–Crippen LogP) is 2.16. The summed E-state index contributed by atoms with van der Waals surface area (Å²) in [5, 5.41) is 11.6. The number of carboxylic acids is 1. The molecule has 2 rings (SSSR count). The Balaban J connectivity index is 2.88. The number of aliphatic carboxylic acids is 1. The van der Waals surface area contributed by atoms with Crippen LogP contribution in [0, 0.1) is 0 Å². The molecule has 0 amide bonds. The molecule has 188 valence electrons. The number of carboxylic acid groups (broad SMARTS) is 1. The summed E-state index contributed by atoms with van der Waals surface area (Å²) in [6.45, 7) is 0. The number of rotatable bonds is 8. The Morgan fingerprint density at radius 1 is 0.914 bits per heavy atom. The number of esters is 4. The van der Waals surface area contributed by atoms with Gasteiger partial charge < -0.3 is 29.0 Å². The van der Waals surface area contributed by atoms with Crippen molar-refractivity contribution in [2.24, 2.45) is 0 Å². The molecule has 0 atom stereocenters. The molecule has 11 nitrogen and oxygen atoms in total. The lowest BCUT2D eigenvalue weighted by Crippen LogP contribution is -2.21. The molecule has 0 saturated heterocycles. The Labute approximate surface area is 212 Å². The van der Waals surface area contributed by atoms with Crippen molar-refractivity contribution in [1.82, 2.24) is 4.90 Å². The Morgan fingerprint density at radius 2 is 1.51 bits per heavy atom. The molecular weight excluding hydrogens is 522 g/mol. The molecule has 0 saturated carbocycles. The molecule has 35 heavy (non-hydrogen) atoms. The number of thioether (sulfide) groups is 2. The molecule has 0 fully saturated rings. The van der Waals surface area contributed by atoms with Crippen LogP contribution in [-0.4, -0.2) is 82.4 Å². The van der Waals surface area contributed by atoms with Gasteiger partial charge in [-0.1, -0.05) is 23.5 Å². The largest absolute Gasteiger partial charge is 0.477 e. The highest BCUT2D eigenvalue weighted by molar-refractivity contribution is 8.15. The van der Waals surface area contributed by atoms with Crippen molar-refractivity contribution in [2.75, 3.05) is 42.5 Å². The van der Waals surface area contributed by atoms with Crippen LogP contribution in [0.15, 0.2) is 31.9 Å². The second-order valence-corrected chi connectivity index (χ2v) is 9.51. The fraction of sp³-hybridized carbons (Fsp3) is 0.286. The van der Waals surface area contributed by atoms with Crippen molar-refractivity contribution in [3.63, 3.8) is 0 Å². The maximum Gasteiger partial charge on any atom is 0.346 e. The van der Waals surface area contributed by atoms with E-state index in [1.54, 1.807) is 30.4 Å². The van der Waals surface area contributed by atoms with Crippen LogP contribution in [-0.2, 0) is 42.9 Å². The van der Waals surface area contributed by atoms with E-state index in [1.165, 1.54) is 18.4 Å². The maximum absolute atomic E-state index is 12.6. The first-order valence-corrected chi connectivity index (χ1v) is 12.0. The summed E-state index contributed by atoms with van der Waals surface area (Å²) in [5.74, 6) is -5.56. The average molecular weight is 544 g/mol. The summed E-state index contributed by atoms with van der Waals surface area (Å²) in [7, 11) is 7.60. The number of fused-ring (bicyclic) bond motifs is 1. The van der Waals surface area contributed by atoms with Crippen LogP contribution in [0.4, 0.5) is 0 Å². The first-order valence-electron chi connectivity index (χ1n) is 9.44. The molecule has 0 bridgehead atoms. The molecule has 2 heterocycles. The van der Waals surface area contributed by atoms with Crippen LogP contribution in [0.3, 0.4) is 0 Å². The Morgan fingerprint density at radius 3 is 2.00 bits per heavy atom. The number of hydrogen-bond donors (Lipinski definition) is 1. The molecule has 0 aliphatic carbocycles. The molecule has 1 N–H and O–H groups in total. The molecule has 0 aromatic carbocycles. The standard InChI is InChI=1S/C21H21NO10S3/c1-22(2)16(35-14(21(28)32-6)11(17(23)24)19(26)30-4)15-12-9(7-8-33-12)10(18(25)29-3)13(34-15)20(27)31-5/h7-8H,1-6H3,(H,23,24)/b14-11+,16-15+. The summed E-state index contributed by atoms with van der Waals surface area (Å²) in [6.07, 6.45) is 0. The molecule has 0 radical (unpaired) electrons. The number of carbonyl (C=O) groups is 5. The van der Waals surface area contributed by atoms with Crippen LogP contribution in [0.5, 0.6) is 0 Å². The summed E-state index contributed by atoms with van der Waals surface area (Å²) >= 11 is 2.78.